The van der Waals surface area contributed by atoms with E-state index in [1.807, 2.05) is 20.8 Å². The molecule has 4 atom stereocenters. The quantitative estimate of drug-likeness (QED) is 0.156. The molecule has 4 rings (SSSR count). The summed E-state index contributed by atoms with van der Waals surface area (Å²) in [5, 5.41) is 13.0. The van der Waals surface area contributed by atoms with E-state index < -0.39 is 70.3 Å². The Kier molecular flexibility index (Phi) is 16.5. The highest BCUT2D eigenvalue weighted by atomic mass is 32.2. The number of likely N-dealkylation sites (N-methyl/N-ethyl adjacent to an activating group) is 1. The molecule has 5 N–H and O–H groups in total. The number of carbonyl (C=O) groups excluding carboxylic acids is 7. The monoisotopic (exact) mass is 788 g/mol. The van der Waals surface area contributed by atoms with Crippen LogP contribution >= 0.6 is 23.5 Å². The number of nitrogens with zero attached hydrogens (tertiary/aromatic N) is 1. The van der Waals surface area contributed by atoms with Crippen LogP contribution in [0.15, 0.2) is 30.3 Å². The number of hydrogen-bond acceptors (Lipinski definition) is 10. The molecule has 14 nitrogen and oxygen atoms in total. The van der Waals surface area contributed by atoms with Crippen LogP contribution in [-0.2, 0) is 33.5 Å². The van der Waals surface area contributed by atoms with Gasteiger partial charge in [-0.2, -0.15) is 0 Å². The van der Waals surface area contributed by atoms with Crippen molar-refractivity contribution in [3.63, 3.8) is 0 Å². The normalized spacial score (nSPS) is 19.9. The van der Waals surface area contributed by atoms with Gasteiger partial charge in [0, 0.05) is 20.0 Å². The van der Waals surface area contributed by atoms with Crippen LogP contribution in [0.3, 0.4) is 0 Å². The predicted molar refractivity (Wildman–Crippen MR) is 208 cm³/mol. The zero-order valence-corrected chi connectivity index (χ0v) is 33.4. The summed E-state index contributed by atoms with van der Waals surface area (Å²) in [5.74, 6) is -2.26. The Bertz CT molecular complexity index is 1490. The third-order valence-electron chi connectivity index (χ3n) is 9.90. The largest absolute Gasteiger partial charge is 0.449 e. The van der Waals surface area contributed by atoms with Crippen LogP contribution in [-0.4, -0.2) is 107 Å². The van der Waals surface area contributed by atoms with Gasteiger partial charge < -0.3 is 36.2 Å². The van der Waals surface area contributed by atoms with Crippen molar-refractivity contribution < 1.29 is 38.3 Å². The average molecular weight is 789 g/mol. The van der Waals surface area contributed by atoms with Crippen LogP contribution in [0.25, 0.3) is 0 Å². The van der Waals surface area contributed by atoms with Gasteiger partial charge in [-0.1, -0.05) is 76.8 Å². The number of likely N-dealkylation sites (tertiary alicyclic amines) is 1. The zero-order valence-electron chi connectivity index (χ0n) is 31.8. The third kappa shape index (κ3) is 11.9. The predicted octanol–water partition coefficient (Wildman–Crippen LogP) is 3.06. The number of Topliss-reactive ketones (excluding diaryl/α,β-unsaturated/α-hetero) is 1. The van der Waals surface area contributed by atoms with Gasteiger partial charge in [0.2, 0.25) is 29.4 Å². The maximum absolute atomic E-state index is 14.6. The Morgan fingerprint density at radius 3 is 2.24 bits per heavy atom. The van der Waals surface area contributed by atoms with E-state index in [0.717, 1.165) is 50.0 Å². The first kappa shape index (κ1) is 42.9. The highest BCUT2D eigenvalue weighted by molar-refractivity contribution is 8.18. The van der Waals surface area contributed by atoms with Crippen LogP contribution in [0.5, 0.6) is 0 Å². The molecule has 1 spiro atoms. The molecule has 6 amide bonds. The van der Waals surface area contributed by atoms with Gasteiger partial charge in [-0.3, -0.25) is 28.8 Å². The fourth-order valence-electron chi connectivity index (χ4n) is 7.10. The van der Waals surface area contributed by atoms with E-state index in [0.29, 0.717) is 24.9 Å². The number of rotatable bonds is 16. The molecule has 0 radical (unpaired) electrons. The van der Waals surface area contributed by atoms with Crippen molar-refractivity contribution in [3.8, 4) is 0 Å². The van der Waals surface area contributed by atoms with E-state index in [2.05, 4.69) is 26.6 Å². The van der Waals surface area contributed by atoms with Crippen molar-refractivity contribution in [1.29, 1.82) is 0 Å². The van der Waals surface area contributed by atoms with Crippen molar-refractivity contribution in [2.75, 3.05) is 38.2 Å². The SMILES string of the molecule is CCCC(NC(=O)[C@@H]1CC2(CN1C(=O)C(NC(=O)OCC(C)C)C1CCCCC1)SCCCS2)C(=O)C(=O)NCC(=O)NC(C(=O)NC)c1ccccc1. The molecular formula is C38H56N6O8S2. The lowest BCUT2D eigenvalue weighted by Gasteiger charge is -2.35. The van der Waals surface area contributed by atoms with Crippen LogP contribution in [0, 0.1) is 11.8 Å². The number of amides is 6. The van der Waals surface area contributed by atoms with Gasteiger partial charge in [-0.05, 0) is 54.6 Å². The van der Waals surface area contributed by atoms with Gasteiger partial charge in [0.25, 0.3) is 5.91 Å². The van der Waals surface area contributed by atoms with Crippen molar-refractivity contribution >= 4 is 64.9 Å². The number of carbonyl (C=O) groups is 7. The molecule has 0 bridgehead atoms. The molecule has 16 heteroatoms. The standard InChI is InChI=1S/C38H56N6O8S2/c1-5-13-27(32(46)35(49)40-21-29(45)42-30(34(48)39-4)25-14-8-6-9-15-25)41-33(47)28-20-38(53-18-12-19-54-38)23-44(28)36(50)31(26-16-10-7-11-17-26)43-37(51)52-22-24(2)3/h6,8-9,14-15,24,26-28,30-31H,5,7,10-13,16-23H2,1-4H3,(H,39,48)(H,40,49)(H,41,47)(H,42,45)(H,43,51)/t27?,28-,30?,31?/m0/s1. The fourth-order valence-corrected chi connectivity index (χ4v) is 10.5. The molecule has 54 heavy (non-hydrogen) atoms. The first-order valence-electron chi connectivity index (χ1n) is 19.1. The molecule has 3 fully saturated rings. The van der Waals surface area contributed by atoms with E-state index in [1.54, 1.807) is 58.8 Å². The molecular weight excluding hydrogens is 733 g/mol. The molecule has 1 saturated carbocycles. The second kappa shape index (κ2) is 20.8. The lowest BCUT2D eigenvalue weighted by Crippen LogP contribution is -2.58. The molecule has 3 unspecified atom stereocenters. The average Bonchev–Trinajstić information content (AvgIpc) is 3.55. The van der Waals surface area contributed by atoms with Gasteiger partial charge in [0.1, 0.15) is 18.1 Å². The summed E-state index contributed by atoms with van der Waals surface area (Å²) in [6.45, 7) is 5.60. The van der Waals surface area contributed by atoms with E-state index in [9.17, 15) is 33.6 Å². The minimum Gasteiger partial charge on any atom is -0.449 e. The number of thioether (sulfide) groups is 2. The smallest absolute Gasteiger partial charge is 0.407 e. The topological polar surface area (TPSA) is 192 Å². The molecule has 3 aliphatic rings. The first-order valence-corrected chi connectivity index (χ1v) is 21.0. The van der Waals surface area contributed by atoms with Gasteiger partial charge >= 0.3 is 6.09 Å². The lowest BCUT2D eigenvalue weighted by molar-refractivity contribution is -0.143. The summed E-state index contributed by atoms with van der Waals surface area (Å²) in [6.07, 6.45) is 5.75. The Morgan fingerprint density at radius 2 is 1.61 bits per heavy atom. The fraction of sp³-hybridized carbons (Fsp3) is 0.658. The molecule has 2 aliphatic heterocycles. The summed E-state index contributed by atoms with van der Waals surface area (Å²) in [4.78, 5) is 95.1. The highest BCUT2D eigenvalue weighted by Crippen LogP contribution is 2.50. The summed E-state index contributed by atoms with van der Waals surface area (Å²) < 4.78 is 4.99. The van der Waals surface area contributed by atoms with Crippen molar-refractivity contribution in [2.24, 2.45) is 11.8 Å². The number of ether oxygens (including phenoxy) is 1. The Morgan fingerprint density at radius 1 is 0.926 bits per heavy atom. The van der Waals surface area contributed by atoms with E-state index >= 15 is 0 Å². The molecule has 1 aromatic carbocycles. The first-order chi connectivity index (χ1) is 25.9. The van der Waals surface area contributed by atoms with Gasteiger partial charge in [0.05, 0.1) is 23.3 Å². The number of hydrogen-bond donors (Lipinski definition) is 5. The second-order valence-electron chi connectivity index (χ2n) is 14.6. The van der Waals surface area contributed by atoms with Crippen molar-refractivity contribution in [3.05, 3.63) is 35.9 Å². The second-order valence-corrected chi connectivity index (χ2v) is 17.8. The Balaban J connectivity index is 1.47. The number of ketones is 1. The molecule has 2 heterocycles. The molecule has 1 aromatic rings. The number of alkyl carbamates (subject to hydrolysis) is 1. The zero-order chi connectivity index (χ0) is 39.3. The maximum Gasteiger partial charge on any atom is 0.407 e. The van der Waals surface area contributed by atoms with Crippen LogP contribution < -0.4 is 26.6 Å². The van der Waals surface area contributed by atoms with Crippen molar-refractivity contribution in [2.45, 2.75) is 107 Å². The van der Waals surface area contributed by atoms with Crippen LogP contribution in [0.1, 0.15) is 90.2 Å². The van der Waals surface area contributed by atoms with Crippen LogP contribution in [0.4, 0.5) is 4.79 Å². The Labute approximate surface area is 326 Å². The van der Waals surface area contributed by atoms with Gasteiger partial charge in [-0.25, -0.2) is 4.79 Å². The van der Waals surface area contributed by atoms with Gasteiger partial charge in [-0.15, -0.1) is 23.5 Å². The minimum atomic E-state index is -1.20. The molecule has 2 saturated heterocycles. The number of nitrogens with one attached hydrogen (secondary N) is 5. The summed E-state index contributed by atoms with van der Waals surface area (Å²) in [7, 11) is 1.44. The third-order valence-corrected chi connectivity index (χ3v) is 13.2. The van der Waals surface area contributed by atoms with Crippen LogP contribution in [0.2, 0.25) is 0 Å². The lowest BCUT2D eigenvalue weighted by atomic mass is 9.83. The maximum atomic E-state index is 14.6. The Hall–Kier alpha value is -3.79. The van der Waals surface area contributed by atoms with E-state index in [-0.39, 0.29) is 30.8 Å². The van der Waals surface area contributed by atoms with E-state index in [1.165, 1.54) is 7.05 Å². The van der Waals surface area contributed by atoms with Crippen molar-refractivity contribution in [1.82, 2.24) is 31.5 Å². The minimum absolute atomic E-state index is 0.112. The van der Waals surface area contributed by atoms with Gasteiger partial charge in [0.15, 0.2) is 0 Å². The molecule has 0 aromatic heterocycles. The molecule has 298 valence electrons. The van der Waals surface area contributed by atoms with E-state index in [4.69, 9.17) is 4.74 Å². The summed E-state index contributed by atoms with van der Waals surface area (Å²) in [6, 6.07) is 4.57. The highest BCUT2D eigenvalue weighted by Gasteiger charge is 2.52. The number of benzene rings is 1. The molecule has 1 aliphatic carbocycles. The summed E-state index contributed by atoms with van der Waals surface area (Å²) in [5.41, 5.74) is 0.538. The summed E-state index contributed by atoms with van der Waals surface area (Å²) >= 11 is 3.45.